The van der Waals surface area contributed by atoms with Crippen molar-refractivity contribution in [1.82, 2.24) is 10.2 Å². The average Bonchev–Trinajstić information content (AvgIpc) is 2.56. The summed E-state index contributed by atoms with van der Waals surface area (Å²) in [5.41, 5.74) is 0.747. The van der Waals surface area contributed by atoms with E-state index in [-0.39, 0.29) is 30.5 Å². The molecule has 0 aromatic heterocycles. The Morgan fingerprint density at radius 1 is 1.21 bits per heavy atom. The number of benzene rings is 1. The number of aliphatic hydroxyl groups excluding tert-OH is 1. The van der Waals surface area contributed by atoms with E-state index in [2.05, 4.69) is 40.0 Å². The van der Waals surface area contributed by atoms with Crippen LogP contribution in [0.3, 0.4) is 0 Å². The predicted octanol–water partition coefficient (Wildman–Crippen LogP) is 2.85. The molecule has 0 radical (unpaired) electrons. The maximum atomic E-state index is 9.98. The molecule has 1 heterocycles. The highest BCUT2D eigenvalue weighted by molar-refractivity contribution is 9.10. The molecular formula is C17H28BrClN2O3. The summed E-state index contributed by atoms with van der Waals surface area (Å²) in [6, 6.07) is 4.01. The van der Waals surface area contributed by atoms with Gasteiger partial charge in [0.2, 0.25) is 0 Å². The summed E-state index contributed by atoms with van der Waals surface area (Å²) in [7, 11) is 3.34. The quantitative estimate of drug-likeness (QED) is 0.737. The van der Waals surface area contributed by atoms with Crippen molar-refractivity contribution in [2.45, 2.75) is 19.9 Å². The van der Waals surface area contributed by atoms with Crippen LogP contribution in [-0.4, -0.2) is 57.0 Å². The van der Waals surface area contributed by atoms with Gasteiger partial charge in [0.05, 0.1) is 18.7 Å². The van der Waals surface area contributed by atoms with Crippen LogP contribution in [0.4, 0.5) is 0 Å². The first-order chi connectivity index (χ1) is 10.9. The van der Waals surface area contributed by atoms with Crippen LogP contribution in [0.1, 0.15) is 25.5 Å². The lowest BCUT2D eigenvalue weighted by Gasteiger charge is -2.44. The first-order valence-electron chi connectivity index (χ1n) is 7.91. The van der Waals surface area contributed by atoms with Gasteiger partial charge in [-0.1, -0.05) is 13.8 Å². The summed E-state index contributed by atoms with van der Waals surface area (Å²) in [5, 5.41) is 13.4. The zero-order valence-electron chi connectivity index (χ0n) is 14.8. The van der Waals surface area contributed by atoms with Gasteiger partial charge in [0.15, 0.2) is 0 Å². The summed E-state index contributed by atoms with van der Waals surface area (Å²) < 4.78 is 12.0. The van der Waals surface area contributed by atoms with Gasteiger partial charge in [-0.3, -0.25) is 4.90 Å². The highest BCUT2D eigenvalue weighted by atomic mass is 79.9. The van der Waals surface area contributed by atoms with E-state index in [1.165, 1.54) is 0 Å². The first-order valence-corrected chi connectivity index (χ1v) is 8.71. The van der Waals surface area contributed by atoms with Gasteiger partial charge in [-0.2, -0.15) is 0 Å². The second-order valence-electron chi connectivity index (χ2n) is 6.56. The smallest absolute Gasteiger partial charge is 0.133 e. The van der Waals surface area contributed by atoms with Gasteiger partial charge in [-0.25, -0.2) is 0 Å². The molecule has 1 aliphatic heterocycles. The molecule has 0 spiro atoms. The van der Waals surface area contributed by atoms with Crippen molar-refractivity contribution in [3.05, 3.63) is 22.2 Å². The van der Waals surface area contributed by atoms with Crippen molar-refractivity contribution < 1.29 is 14.6 Å². The van der Waals surface area contributed by atoms with E-state index < -0.39 is 0 Å². The lowest BCUT2D eigenvalue weighted by molar-refractivity contribution is 0.0291. The molecule has 5 nitrogen and oxygen atoms in total. The van der Waals surface area contributed by atoms with Crippen LogP contribution >= 0.6 is 28.3 Å². The number of ether oxygens (including phenoxy) is 2. The molecule has 0 aliphatic carbocycles. The van der Waals surface area contributed by atoms with E-state index in [0.29, 0.717) is 0 Å². The van der Waals surface area contributed by atoms with Crippen LogP contribution in [0, 0.1) is 5.41 Å². The Kier molecular flexibility index (Phi) is 8.29. The third-order valence-electron chi connectivity index (χ3n) is 4.46. The summed E-state index contributed by atoms with van der Waals surface area (Å²) in [4.78, 5) is 2.41. The van der Waals surface area contributed by atoms with Crippen LogP contribution in [0.2, 0.25) is 0 Å². The van der Waals surface area contributed by atoms with Gasteiger partial charge in [0.1, 0.15) is 11.5 Å². The highest BCUT2D eigenvalue weighted by Crippen LogP contribution is 2.45. The SMILES string of the molecule is COc1cc([C@H](N2CCNCC2)C(C)(C)CO)c(OC)cc1Br.Cl. The molecule has 1 atom stereocenters. The molecule has 0 saturated carbocycles. The second-order valence-corrected chi connectivity index (χ2v) is 7.42. The second kappa shape index (κ2) is 9.25. The largest absolute Gasteiger partial charge is 0.496 e. The van der Waals surface area contributed by atoms with E-state index in [0.717, 1.165) is 47.7 Å². The Bertz CT molecular complexity index is 537. The standard InChI is InChI=1S/C17H27BrN2O3.ClH/c1-17(2,11-21)16(20-7-5-19-6-8-20)12-9-15(23-4)13(18)10-14(12)22-3;/h9-10,16,19,21H,5-8,11H2,1-4H3;1H/t16-;/m0./s1. The maximum absolute atomic E-state index is 9.98. The van der Waals surface area contributed by atoms with Crippen LogP contribution in [-0.2, 0) is 0 Å². The summed E-state index contributed by atoms with van der Waals surface area (Å²) in [5.74, 6) is 1.58. The molecule has 1 aromatic carbocycles. The lowest BCUT2D eigenvalue weighted by atomic mass is 9.79. The number of piperazine rings is 1. The fourth-order valence-corrected chi connectivity index (χ4v) is 3.72. The maximum Gasteiger partial charge on any atom is 0.133 e. The topological polar surface area (TPSA) is 54.0 Å². The molecule has 7 heteroatoms. The van der Waals surface area contributed by atoms with E-state index in [4.69, 9.17) is 9.47 Å². The molecule has 1 aromatic rings. The van der Waals surface area contributed by atoms with Crippen molar-refractivity contribution in [1.29, 1.82) is 0 Å². The third-order valence-corrected chi connectivity index (χ3v) is 5.08. The predicted molar refractivity (Wildman–Crippen MR) is 103 cm³/mol. The Hall–Kier alpha value is -0.530. The number of rotatable bonds is 6. The van der Waals surface area contributed by atoms with Gasteiger partial charge in [-0.05, 0) is 28.1 Å². The van der Waals surface area contributed by atoms with E-state index in [1.807, 2.05) is 12.1 Å². The van der Waals surface area contributed by atoms with Crippen LogP contribution < -0.4 is 14.8 Å². The molecule has 0 amide bonds. The zero-order chi connectivity index (χ0) is 17.0. The molecule has 138 valence electrons. The van der Waals surface area contributed by atoms with Crippen molar-refractivity contribution >= 4 is 28.3 Å². The van der Waals surface area contributed by atoms with Crippen LogP contribution in [0.25, 0.3) is 0 Å². The fourth-order valence-electron chi connectivity index (χ4n) is 3.24. The van der Waals surface area contributed by atoms with Crippen LogP contribution in [0.5, 0.6) is 11.5 Å². The highest BCUT2D eigenvalue weighted by Gasteiger charge is 2.37. The summed E-state index contributed by atoms with van der Waals surface area (Å²) in [6.07, 6.45) is 0. The molecule has 2 rings (SSSR count). The fraction of sp³-hybridized carbons (Fsp3) is 0.647. The number of halogens is 2. The molecule has 2 N–H and O–H groups in total. The Morgan fingerprint density at radius 3 is 2.29 bits per heavy atom. The number of aliphatic hydroxyl groups is 1. The summed E-state index contributed by atoms with van der Waals surface area (Å²) in [6.45, 7) is 8.07. The normalized spacial score (nSPS) is 17.1. The number of hydrogen-bond acceptors (Lipinski definition) is 5. The van der Waals surface area contributed by atoms with E-state index >= 15 is 0 Å². The van der Waals surface area contributed by atoms with Crippen molar-refractivity contribution in [2.75, 3.05) is 47.0 Å². The lowest BCUT2D eigenvalue weighted by Crippen LogP contribution is -2.49. The summed E-state index contributed by atoms with van der Waals surface area (Å²) >= 11 is 3.52. The molecule has 24 heavy (non-hydrogen) atoms. The Morgan fingerprint density at radius 2 is 1.79 bits per heavy atom. The Balaban J connectivity index is 0.00000288. The van der Waals surface area contributed by atoms with Gasteiger partial charge < -0.3 is 19.9 Å². The Labute approximate surface area is 159 Å². The van der Waals surface area contributed by atoms with Gasteiger partial charge in [-0.15, -0.1) is 12.4 Å². The molecule has 1 saturated heterocycles. The number of nitrogens with zero attached hydrogens (tertiary/aromatic N) is 1. The first kappa shape index (κ1) is 21.5. The number of nitrogens with one attached hydrogen (secondary N) is 1. The van der Waals surface area contributed by atoms with E-state index in [1.54, 1.807) is 14.2 Å². The molecule has 1 fully saturated rings. The van der Waals surface area contributed by atoms with E-state index in [9.17, 15) is 5.11 Å². The van der Waals surface area contributed by atoms with Gasteiger partial charge in [0, 0.05) is 49.8 Å². The number of hydrogen-bond donors (Lipinski definition) is 2. The monoisotopic (exact) mass is 422 g/mol. The average molecular weight is 424 g/mol. The molecule has 1 aliphatic rings. The zero-order valence-corrected chi connectivity index (χ0v) is 17.2. The minimum atomic E-state index is -0.302. The molecule has 0 bridgehead atoms. The van der Waals surface area contributed by atoms with Gasteiger partial charge >= 0.3 is 0 Å². The molecular weight excluding hydrogens is 396 g/mol. The minimum Gasteiger partial charge on any atom is -0.496 e. The van der Waals surface area contributed by atoms with Crippen molar-refractivity contribution in [3.8, 4) is 11.5 Å². The third kappa shape index (κ3) is 4.55. The van der Waals surface area contributed by atoms with Crippen molar-refractivity contribution in [2.24, 2.45) is 5.41 Å². The van der Waals surface area contributed by atoms with Crippen LogP contribution in [0.15, 0.2) is 16.6 Å². The minimum absolute atomic E-state index is 0. The molecule has 0 unspecified atom stereocenters. The van der Waals surface area contributed by atoms with Gasteiger partial charge in [0.25, 0.3) is 0 Å². The van der Waals surface area contributed by atoms with Crippen molar-refractivity contribution in [3.63, 3.8) is 0 Å². The number of methoxy groups -OCH3 is 2.